The first kappa shape index (κ1) is 77.5. The van der Waals surface area contributed by atoms with Gasteiger partial charge in [0.25, 0.3) is 6.29 Å². The molecule has 0 fully saturated rings. The number of ether oxygens (including phenoxy) is 4. The highest BCUT2D eigenvalue weighted by Gasteiger charge is 2.25. The number of aliphatic carboxylic acids is 1. The van der Waals surface area contributed by atoms with E-state index in [9.17, 15) is 19.5 Å². The van der Waals surface area contributed by atoms with E-state index < -0.39 is 24.3 Å². The Bertz CT molecular complexity index is 1410. The van der Waals surface area contributed by atoms with Crippen LogP contribution in [0.1, 0.15) is 341 Å². The van der Waals surface area contributed by atoms with Gasteiger partial charge in [0.2, 0.25) is 0 Å². The largest absolute Gasteiger partial charge is 0.477 e. The second-order valence-electron chi connectivity index (χ2n) is 24.8. The maximum absolute atomic E-state index is 12.9. The Balaban J connectivity index is 4.07. The minimum absolute atomic E-state index is 0.181. The van der Waals surface area contributed by atoms with Crippen molar-refractivity contribution >= 4 is 17.9 Å². The predicted molar refractivity (Wildman–Crippen MR) is 341 cm³/mol. The Hall–Kier alpha value is -2.49. The Morgan fingerprint density at radius 1 is 0.375 bits per heavy atom. The smallest absolute Gasteiger partial charge is 0.361 e. The molecule has 0 aliphatic carbocycles. The Morgan fingerprint density at radius 3 is 1.00 bits per heavy atom. The van der Waals surface area contributed by atoms with Gasteiger partial charge in [-0.05, 0) is 51.4 Å². The molecule has 0 radical (unpaired) electrons. The summed E-state index contributed by atoms with van der Waals surface area (Å²) < 4.78 is 23.0. The zero-order valence-corrected chi connectivity index (χ0v) is 53.8. The Kier molecular flexibility index (Phi) is 60.6. The van der Waals surface area contributed by atoms with Crippen LogP contribution in [-0.2, 0) is 33.3 Å². The lowest BCUT2D eigenvalue weighted by Crippen LogP contribution is -2.40. The molecule has 0 aromatic carbocycles. The van der Waals surface area contributed by atoms with Crippen molar-refractivity contribution in [3.05, 3.63) is 36.5 Å². The summed E-state index contributed by atoms with van der Waals surface area (Å²) in [6.45, 7) is 4.92. The summed E-state index contributed by atoms with van der Waals surface area (Å²) >= 11 is 0. The molecular weight excluding hydrogens is 995 g/mol. The number of esters is 2. The third-order valence-electron chi connectivity index (χ3n) is 15.6. The lowest BCUT2D eigenvalue weighted by Gasteiger charge is -2.25. The molecular formula is C71H134NO8+. The van der Waals surface area contributed by atoms with Crippen molar-refractivity contribution in [2.45, 2.75) is 354 Å². The molecule has 0 amide bonds. The van der Waals surface area contributed by atoms with Crippen molar-refractivity contribution in [3.8, 4) is 0 Å². The fourth-order valence-electron chi connectivity index (χ4n) is 10.3. The maximum atomic E-state index is 12.9. The quantitative estimate of drug-likeness (QED) is 0.0211. The lowest BCUT2D eigenvalue weighted by molar-refractivity contribution is -0.870. The molecule has 470 valence electrons. The molecule has 0 aromatic heterocycles. The molecule has 0 aliphatic heterocycles. The third-order valence-corrected chi connectivity index (χ3v) is 15.6. The van der Waals surface area contributed by atoms with Crippen LogP contribution in [0.15, 0.2) is 36.5 Å². The highest BCUT2D eigenvalue weighted by molar-refractivity contribution is 5.71. The SMILES string of the molecule is CCCCCCC/C=C\C/C=C\C/C=C\CCCCCCCCCCC(=O)OC(COC(=O)CCCCCCCCCCCCCCCCCCCCCCCCCCCCCCCCCC)COC(OCC[N+](C)(C)C)C(=O)O. The van der Waals surface area contributed by atoms with Gasteiger partial charge in [-0.3, -0.25) is 9.59 Å². The molecule has 0 aromatic rings. The van der Waals surface area contributed by atoms with E-state index in [1.165, 1.54) is 250 Å². The molecule has 0 rings (SSSR count). The second kappa shape index (κ2) is 62.6. The van der Waals surface area contributed by atoms with Gasteiger partial charge in [-0.25, -0.2) is 4.79 Å². The number of nitrogens with zero attached hydrogens (tertiary/aromatic N) is 1. The molecule has 0 saturated heterocycles. The molecule has 0 heterocycles. The van der Waals surface area contributed by atoms with Crippen LogP contribution in [0.2, 0.25) is 0 Å². The number of rotatable bonds is 65. The molecule has 0 spiro atoms. The highest BCUT2D eigenvalue weighted by Crippen LogP contribution is 2.19. The van der Waals surface area contributed by atoms with Crippen LogP contribution in [-0.4, -0.2) is 87.4 Å². The number of hydrogen-bond donors (Lipinski definition) is 1. The fourth-order valence-corrected chi connectivity index (χ4v) is 10.3. The Morgan fingerprint density at radius 2 is 0.675 bits per heavy atom. The first-order valence-electron chi connectivity index (χ1n) is 34.7. The lowest BCUT2D eigenvalue weighted by atomic mass is 10.0. The molecule has 80 heavy (non-hydrogen) atoms. The summed E-state index contributed by atoms with van der Waals surface area (Å²) in [6.07, 6.45) is 75.5. The van der Waals surface area contributed by atoms with Crippen LogP contribution in [0.5, 0.6) is 0 Å². The molecule has 9 heteroatoms. The van der Waals surface area contributed by atoms with Crippen molar-refractivity contribution in [2.24, 2.45) is 0 Å². The van der Waals surface area contributed by atoms with Crippen molar-refractivity contribution in [2.75, 3.05) is 47.5 Å². The number of likely N-dealkylation sites (N-methyl/N-ethyl adjacent to an activating group) is 1. The van der Waals surface area contributed by atoms with Crippen LogP contribution in [0.25, 0.3) is 0 Å². The first-order chi connectivity index (χ1) is 39.1. The second-order valence-corrected chi connectivity index (χ2v) is 24.8. The van der Waals surface area contributed by atoms with Crippen molar-refractivity contribution in [3.63, 3.8) is 0 Å². The number of allylic oxidation sites excluding steroid dienone is 6. The molecule has 2 unspecified atom stereocenters. The van der Waals surface area contributed by atoms with Gasteiger partial charge >= 0.3 is 17.9 Å². The predicted octanol–water partition coefficient (Wildman–Crippen LogP) is 21.2. The zero-order chi connectivity index (χ0) is 58.3. The van der Waals surface area contributed by atoms with Gasteiger partial charge < -0.3 is 28.5 Å². The fraction of sp³-hybridized carbons (Fsp3) is 0.873. The van der Waals surface area contributed by atoms with Crippen LogP contribution in [0.4, 0.5) is 0 Å². The summed E-state index contributed by atoms with van der Waals surface area (Å²) in [5.41, 5.74) is 0. The van der Waals surface area contributed by atoms with E-state index in [4.69, 9.17) is 18.9 Å². The maximum Gasteiger partial charge on any atom is 0.361 e. The van der Waals surface area contributed by atoms with Gasteiger partial charge in [-0.1, -0.05) is 314 Å². The van der Waals surface area contributed by atoms with Gasteiger partial charge in [0, 0.05) is 12.8 Å². The molecule has 9 nitrogen and oxygen atoms in total. The van der Waals surface area contributed by atoms with Gasteiger partial charge in [0.05, 0.1) is 34.4 Å². The van der Waals surface area contributed by atoms with Gasteiger partial charge in [0.15, 0.2) is 6.10 Å². The van der Waals surface area contributed by atoms with E-state index in [-0.39, 0.29) is 32.2 Å². The topological polar surface area (TPSA) is 108 Å². The molecule has 0 saturated carbocycles. The van der Waals surface area contributed by atoms with Crippen molar-refractivity contribution < 1.29 is 42.9 Å². The first-order valence-corrected chi connectivity index (χ1v) is 34.7. The monoisotopic (exact) mass is 1130 g/mol. The van der Waals surface area contributed by atoms with E-state index in [0.29, 0.717) is 23.9 Å². The number of carbonyl (C=O) groups is 3. The average molecular weight is 1130 g/mol. The number of carboxylic acids is 1. The minimum Gasteiger partial charge on any atom is -0.477 e. The van der Waals surface area contributed by atoms with Crippen LogP contribution < -0.4 is 0 Å². The number of carbonyl (C=O) groups excluding carboxylic acids is 2. The van der Waals surface area contributed by atoms with E-state index in [2.05, 4.69) is 50.3 Å². The zero-order valence-electron chi connectivity index (χ0n) is 53.8. The summed E-state index contributed by atoms with van der Waals surface area (Å²) in [5, 5.41) is 9.74. The third kappa shape index (κ3) is 63.1. The molecule has 1 N–H and O–H groups in total. The van der Waals surface area contributed by atoms with Crippen LogP contribution in [0.3, 0.4) is 0 Å². The van der Waals surface area contributed by atoms with E-state index in [1.54, 1.807) is 0 Å². The molecule has 0 aliphatic rings. The van der Waals surface area contributed by atoms with E-state index in [1.807, 2.05) is 21.1 Å². The average Bonchev–Trinajstić information content (AvgIpc) is 3.43. The number of hydrogen-bond acceptors (Lipinski definition) is 7. The molecule has 2 atom stereocenters. The van der Waals surface area contributed by atoms with Crippen LogP contribution in [0, 0.1) is 0 Å². The van der Waals surface area contributed by atoms with Crippen molar-refractivity contribution in [1.82, 2.24) is 0 Å². The highest BCUT2D eigenvalue weighted by atomic mass is 16.7. The summed E-state index contributed by atoms with van der Waals surface area (Å²) in [6, 6.07) is 0. The minimum atomic E-state index is -1.51. The normalized spacial score (nSPS) is 12.9. The van der Waals surface area contributed by atoms with Crippen LogP contribution >= 0.6 is 0 Å². The van der Waals surface area contributed by atoms with Crippen molar-refractivity contribution in [1.29, 1.82) is 0 Å². The van der Waals surface area contributed by atoms with Gasteiger partial charge in [-0.2, -0.15) is 0 Å². The standard InChI is InChI=1S/C71H133NO8/c1-6-8-10-12-14-16-18-20-22-24-26-28-30-31-32-33-34-35-36-37-38-40-41-43-45-47-49-51-53-55-57-59-61-68(73)78-65-67(66-79-71(70(75)76)77-64-63-72(3,4)5)80-69(74)62-60-58-56-54-52-50-48-46-44-42-39-29-27-25-23-21-19-17-15-13-11-9-7-2/h19,21,25,27,39,42,67,71H,6-18,20,22-24,26,28-38,40-41,43-66H2,1-5H3/p+1/b21-19-,27-25-,42-39-. The Labute approximate surface area is 496 Å². The van der Waals surface area contributed by atoms with E-state index in [0.717, 1.165) is 57.8 Å². The van der Waals surface area contributed by atoms with E-state index >= 15 is 0 Å². The number of carboxylic acid groups (broad SMARTS) is 1. The number of quaternary nitrogens is 1. The van der Waals surface area contributed by atoms with Gasteiger partial charge in [-0.15, -0.1) is 0 Å². The van der Waals surface area contributed by atoms with Gasteiger partial charge in [0.1, 0.15) is 13.2 Å². The summed E-state index contributed by atoms with van der Waals surface area (Å²) in [4.78, 5) is 37.6. The molecule has 0 bridgehead atoms. The number of unbranched alkanes of at least 4 members (excludes halogenated alkanes) is 44. The summed E-state index contributed by atoms with van der Waals surface area (Å²) in [7, 11) is 5.98. The summed E-state index contributed by atoms with van der Waals surface area (Å²) in [5.74, 6) is -1.99.